The molecule has 4 rings (SSSR count). The summed E-state index contributed by atoms with van der Waals surface area (Å²) in [6.45, 7) is 5.48. The molecular formula is C20H22N2O2S2. The standard InChI is InChI=1S/C20H22N2O2S2/c1-12(2)15-9-14-16(11-24-15)26-18-17(14)19(23)22(20(21-18)25-3)10-13-7-5-4-6-8-13/h4-8,12,15H,9-11H2,1-3H3/t15-/m0/s1. The van der Waals surface area contributed by atoms with Crippen LogP contribution in [-0.4, -0.2) is 21.9 Å². The average Bonchev–Trinajstić information content (AvgIpc) is 3.02. The summed E-state index contributed by atoms with van der Waals surface area (Å²) < 4.78 is 7.80. The number of ether oxygens (including phenoxy) is 1. The first-order valence-electron chi connectivity index (χ1n) is 8.83. The molecule has 1 aliphatic heterocycles. The van der Waals surface area contributed by atoms with Crippen LogP contribution in [0.4, 0.5) is 0 Å². The number of rotatable bonds is 4. The van der Waals surface area contributed by atoms with E-state index in [0.29, 0.717) is 19.1 Å². The first-order chi connectivity index (χ1) is 12.6. The zero-order chi connectivity index (χ0) is 18.3. The van der Waals surface area contributed by atoms with Gasteiger partial charge in [0, 0.05) is 11.3 Å². The summed E-state index contributed by atoms with van der Waals surface area (Å²) in [6.07, 6.45) is 2.94. The van der Waals surface area contributed by atoms with E-state index in [2.05, 4.69) is 13.8 Å². The van der Waals surface area contributed by atoms with Crippen molar-refractivity contribution in [3.05, 3.63) is 56.7 Å². The molecule has 4 nitrogen and oxygen atoms in total. The van der Waals surface area contributed by atoms with Gasteiger partial charge >= 0.3 is 0 Å². The maximum Gasteiger partial charge on any atom is 0.263 e. The highest BCUT2D eigenvalue weighted by atomic mass is 32.2. The molecule has 3 aromatic rings. The number of hydrogen-bond donors (Lipinski definition) is 0. The number of aromatic nitrogens is 2. The van der Waals surface area contributed by atoms with Crippen LogP contribution in [0.25, 0.3) is 10.2 Å². The minimum Gasteiger partial charge on any atom is -0.372 e. The zero-order valence-electron chi connectivity index (χ0n) is 15.2. The highest BCUT2D eigenvalue weighted by Crippen LogP contribution is 2.35. The van der Waals surface area contributed by atoms with E-state index in [1.807, 2.05) is 41.2 Å². The Balaban J connectivity index is 1.86. The lowest BCUT2D eigenvalue weighted by molar-refractivity contribution is 0.00200. The summed E-state index contributed by atoms with van der Waals surface area (Å²) in [7, 11) is 0. The molecule has 0 amide bonds. The summed E-state index contributed by atoms with van der Waals surface area (Å²) in [4.78, 5) is 20.2. The second-order valence-electron chi connectivity index (χ2n) is 6.96. The molecule has 1 aromatic carbocycles. The van der Waals surface area contributed by atoms with Crippen molar-refractivity contribution in [2.45, 2.75) is 44.7 Å². The Morgan fingerprint density at radius 1 is 1.35 bits per heavy atom. The van der Waals surface area contributed by atoms with Crippen molar-refractivity contribution in [1.82, 2.24) is 9.55 Å². The summed E-state index contributed by atoms with van der Waals surface area (Å²) in [5.74, 6) is 0.433. The fraction of sp³-hybridized carbons (Fsp3) is 0.400. The van der Waals surface area contributed by atoms with Gasteiger partial charge in [-0.25, -0.2) is 4.98 Å². The Labute approximate surface area is 161 Å². The molecule has 1 aliphatic rings. The first kappa shape index (κ1) is 17.8. The largest absolute Gasteiger partial charge is 0.372 e. The highest BCUT2D eigenvalue weighted by Gasteiger charge is 2.28. The van der Waals surface area contributed by atoms with Gasteiger partial charge in [0.1, 0.15) is 4.83 Å². The van der Waals surface area contributed by atoms with Crippen LogP contribution >= 0.6 is 23.1 Å². The molecule has 0 unspecified atom stereocenters. The number of hydrogen-bond acceptors (Lipinski definition) is 5. The molecule has 0 aliphatic carbocycles. The second kappa shape index (κ2) is 7.18. The Morgan fingerprint density at radius 2 is 2.12 bits per heavy atom. The lowest BCUT2D eigenvalue weighted by Crippen LogP contribution is -2.28. The van der Waals surface area contributed by atoms with Crippen LogP contribution in [0.3, 0.4) is 0 Å². The quantitative estimate of drug-likeness (QED) is 0.495. The van der Waals surface area contributed by atoms with E-state index in [1.165, 1.54) is 11.8 Å². The SMILES string of the molecule is CSc1nc2sc3c(c2c(=O)n1Cc1ccccc1)C[C@@H](C(C)C)OC3. The molecule has 0 fully saturated rings. The summed E-state index contributed by atoms with van der Waals surface area (Å²) in [5, 5.41) is 1.57. The van der Waals surface area contributed by atoms with E-state index < -0.39 is 0 Å². The van der Waals surface area contributed by atoms with E-state index in [9.17, 15) is 4.79 Å². The monoisotopic (exact) mass is 386 g/mol. The normalized spacial score (nSPS) is 17.0. The van der Waals surface area contributed by atoms with E-state index in [1.54, 1.807) is 11.3 Å². The third-order valence-electron chi connectivity index (χ3n) is 4.90. The zero-order valence-corrected chi connectivity index (χ0v) is 16.8. The van der Waals surface area contributed by atoms with Crippen molar-refractivity contribution < 1.29 is 4.74 Å². The van der Waals surface area contributed by atoms with Crippen molar-refractivity contribution in [3.8, 4) is 0 Å². The molecule has 0 spiro atoms. The number of thioether (sulfide) groups is 1. The smallest absolute Gasteiger partial charge is 0.263 e. The second-order valence-corrected chi connectivity index (χ2v) is 8.81. The first-order valence-corrected chi connectivity index (χ1v) is 10.9. The van der Waals surface area contributed by atoms with Gasteiger partial charge in [0.05, 0.1) is 24.6 Å². The number of fused-ring (bicyclic) bond motifs is 3. The molecule has 0 saturated carbocycles. The van der Waals surface area contributed by atoms with E-state index in [4.69, 9.17) is 9.72 Å². The molecule has 2 aromatic heterocycles. The molecule has 0 N–H and O–H groups in total. The van der Waals surface area contributed by atoms with Crippen LogP contribution < -0.4 is 5.56 Å². The number of benzene rings is 1. The van der Waals surface area contributed by atoms with Crippen molar-refractivity contribution in [1.29, 1.82) is 0 Å². The van der Waals surface area contributed by atoms with Crippen LogP contribution in [0.15, 0.2) is 40.3 Å². The fourth-order valence-electron chi connectivity index (χ4n) is 3.43. The van der Waals surface area contributed by atoms with Gasteiger partial charge in [-0.15, -0.1) is 11.3 Å². The Bertz CT molecular complexity index is 992. The van der Waals surface area contributed by atoms with Gasteiger partial charge in [-0.05, 0) is 23.3 Å². The molecule has 0 bridgehead atoms. The van der Waals surface area contributed by atoms with E-state index in [-0.39, 0.29) is 11.7 Å². The van der Waals surface area contributed by atoms with Crippen molar-refractivity contribution in [2.24, 2.45) is 5.92 Å². The van der Waals surface area contributed by atoms with E-state index >= 15 is 0 Å². The van der Waals surface area contributed by atoms with Crippen LogP contribution in [0, 0.1) is 5.92 Å². The molecular weight excluding hydrogens is 364 g/mol. The lowest BCUT2D eigenvalue weighted by atomic mass is 9.96. The molecule has 136 valence electrons. The Morgan fingerprint density at radius 3 is 2.81 bits per heavy atom. The maximum absolute atomic E-state index is 13.4. The minimum atomic E-state index is 0.0742. The minimum absolute atomic E-state index is 0.0742. The van der Waals surface area contributed by atoms with Crippen molar-refractivity contribution >= 4 is 33.3 Å². The van der Waals surface area contributed by atoms with Gasteiger partial charge in [-0.2, -0.15) is 0 Å². The number of nitrogens with zero attached hydrogens (tertiary/aromatic N) is 2. The van der Waals surface area contributed by atoms with Gasteiger partial charge in [0.15, 0.2) is 5.16 Å². The summed E-state index contributed by atoms with van der Waals surface area (Å²) >= 11 is 3.13. The molecule has 6 heteroatoms. The Kier molecular flexibility index (Phi) is 4.90. The van der Waals surface area contributed by atoms with Crippen molar-refractivity contribution in [3.63, 3.8) is 0 Å². The van der Waals surface area contributed by atoms with Gasteiger partial charge in [-0.1, -0.05) is 55.9 Å². The highest BCUT2D eigenvalue weighted by molar-refractivity contribution is 7.98. The molecule has 0 saturated heterocycles. The molecule has 3 heterocycles. The molecule has 1 atom stereocenters. The fourth-order valence-corrected chi connectivity index (χ4v) is 5.15. The summed E-state index contributed by atoms with van der Waals surface area (Å²) in [6, 6.07) is 10.1. The predicted molar refractivity (Wildman–Crippen MR) is 108 cm³/mol. The van der Waals surface area contributed by atoms with Gasteiger partial charge in [-0.3, -0.25) is 9.36 Å². The maximum atomic E-state index is 13.4. The lowest BCUT2D eigenvalue weighted by Gasteiger charge is -2.26. The third-order valence-corrected chi connectivity index (χ3v) is 6.68. The van der Waals surface area contributed by atoms with E-state index in [0.717, 1.165) is 37.8 Å². The third kappa shape index (κ3) is 3.10. The predicted octanol–water partition coefficient (Wildman–Crippen LogP) is 4.33. The topological polar surface area (TPSA) is 44.1 Å². The van der Waals surface area contributed by atoms with Crippen molar-refractivity contribution in [2.75, 3.05) is 6.26 Å². The Hall–Kier alpha value is -1.63. The van der Waals surface area contributed by atoms with Gasteiger partial charge in [0.2, 0.25) is 0 Å². The molecule has 26 heavy (non-hydrogen) atoms. The van der Waals surface area contributed by atoms with Crippen LogP contribution in [0.2, 0.25) is 0 Å². The van der Waals surface area contributed by atoms with Crippen LogP contribution in [0.5, 0.6) is 0 Å². The average molecular weight is 387 g/mol. The van der Waals surface area contributed by atoms with Crippen LogP contribution in [-0.2, 0) is 24.3 Å². The summed E-state index contributed by atoms with van der Waals surface area (Å²) in [5.41, 5.74) is 2.34. The van der Waals surface area contributed by atoms with Gasteiger partial charge in [0.25, 0.3) is 5.56 Å². The number of thiophene rings is 1. The van der Waals surface area contributed by atoms with Gasteiger partial charge < -0.3 is 4.74 Å². The van der Waals surface area contributed by atoms with Crippen LogP contribution in [0.1, 0.15) is 29.9 Å². The molecule has 0 radical (unpaired) electrons.